The van der Waals surface area contributed by atoms with Gasteiger partial charge in [-0.3, -0.25) is 14.4 Å². The fourth-order valence-corrected chi connectivity index (χ4v) is 5.11. The molecule has 2 heterocycles. The highest BCUT2D eigenvalue weighted by Crippen LogP contribution is 2.29. The van der Waals surface area contributed by atoms with Crippen molar-refractivity contribution in [2.24, 2.45) is 11.7 Å². The van der Waals surface area contributed by atoms with E-state index in [1.807, 2.05) is 24.3 Å². The van der Waals surface area contributed by atoms with Gasteiger partial charge in [0.2, 0.25) is 5.91 Å². The number of nitrogens with zero attached hydrogens (tertiary/aromatic N) is 2. The average molecular weight is 422 g/mol. The predicted octanol–water partition coefficient (Wildman–Crippen LogP) is 2.44. The number of likely N-dealkylation sites (tertiary alicyclic amines) is 1. The molecular formula is C19H23N3O4S2. The van der Waals surface area contributed by atoms with Gasteiger partial charge in [-0.25, -0.2) is 4.98 Å². The Balaban J connectivity index is 1.33. The van der Waals surface area contributed by atoms with E-state index in [2.05, 4.69) is 4.98 Å². The number of carbonyl (C=O) groups excluding carboxylic acids is 3. The van der Waals surface area contributed by atoms with Crippen molar-refractivity contribution in [1.82, 2.24) is 9.88 Å². The number of rotatable bonds is 8. The van der Waals surface area contributed by atoms with Crippen LogP contribution >= 0.6 is 23.1 Å². The first kappa shape index (κ1) is 20.6. The van der Waals surface area contributed by atoms with Gasteiger partial charge in [0.15, 0.2) is 10.9 Å². The number of thiazole rings is 1. The largest absolute Gasteiger partial charge is 0.456 e. The molecule has 2 amide bonds. The number of carbonyl (C=O) groups is 3. The van der Waals surface area contributed by atoms with Crippen LogP contribution in [0, 0.1) is 5.92 Å². The van der Waals surface area contributed by atoms with Gasteiger partial charge in [0.25, 0.3) is 5.91 Å². The lowest BCUT2D eigenvalue weighted by Gasteiger charge is -2.31. The summed E-state index contributed by atoms with van der Waals surface area (Å²) >= 11 is 3.26. The van der Waals surface area contributed by atoms with Crippen LogP contribution in [0.15, 0.2) is 28.6 Å². The fraction of sp³-hybridized carbons (Fsp3) is 0.474. The van der Waals surface area contributed by atoms with Crippen molar-refractivity contribution < 1.29 is 19.1 Å². The van der Waals surface area contributed by atoms with E-state index in [0.29, 0.717) is 25.9 Å². The first-order valence-corrected chi connectivity index (χ1v) is 11.0. The first-order valence-electron chi connectivity index (χ1n) is 9.24. The Morgan fingerprint density at radius 2 is 2.14 bits per heavy atom. The van der Waals surface area contributed by atoms with Gasteiger partial charge in [-0.1, -0.05) is 23.9 Å². The number of hydrogen-bond donors (Lipinski definition) is 1. The van der Waals surface area contributed by atoms with Crippen molar-refractivity contribution in [2.75, 3.05) is 25.4 Å². The molecule has 0 bridgehead atoms. The summed E-state index contributed by atoms with van der Waals surface area (Å²) in [4.78, 5) is 41.4. The second-order valence-electron chi connectivity index (χ2n) is 6.64. The quantitative estimate of drug-likeness (QED) is 0.399. The van der Waals surface area contributed by atoms with Gasteiger partial charge in [-0.05, 0) is 31.4 Å². The molecule has 9 heteroatoms. The fourth-order valence-electron chi connectivity index (χ4n) is 3.03. The normalized spacial score (nSPS) is 16.9. The minimum absolute atomic E-state index is 0.259. The van der Waals surface area contributed by atoms with Gasteiger partial charge in [-0.15, -0.1) is 11.3 Å². The molecule has 3 rings (SSSR count). The molecule has 2 aromatic rings. The third-order valence-corrected chi connectivity index (χ3v) is 6.82. The Labute approximate surface area is 171 Å². The zero-order chi connectivity index (χ0) is 19.9. The van der Waals surface area contributed by atoms with E-state index in [9.17, 15) is 14.4 Å². The molecule has 0 saturated carbocycles. The Bertz CT molecular complexity index is 822. The first-order chi connectivity index (χ1) is 13.5. The van der Waals surface area contributed by atoms with Crippen molar-refractivity contribution in [3.8, 4) is 0 Å². The monoisotopic (exact) mass is 421 g/mol. The van der Waals surface area contributed by atoms with Crippen LogP contribution in [0.2, 0.25) is 0 Å². The van der Waals surface area contributed by atoms with Crippen molar-refractivity contribution in [2.45, 2.75) is 30.0 Å². The highest BCUT2D eigenvalue weighted by molar-refractivity contribution is 8.01. The Morgan fingerprint density at radius 3 is 2.93 bits per heavy atom. The number of amides is 2. The smallest absolute Gasteiger partial charge is 0.306 e. The van der Waals surface area contributed by atoms with Crippen molar-refractivity contribution in [3.05, 3.63) is 24.3 Å². The summed E-state index contributed by atoms with van der Waals surface area (Å²) in [6, 6.07) is 7.98. The summed E-state index contributed by atoms with van der Waals surface area (Å²) in [5.41, 5.74) is 6.31. The maximum Gasteiger partial charge on any atom is 0.306 e. The molecule has 1 atom stereocenters. The average Bonchev–Trinajstić information content (AvgIpc) is 3.12. The molecular weight excluding hydrogens is 398 g/mol. The van der Waals surface area contributed by atoms with Crippen LogP contribution in [0.4, 0.5) is 0 Å². The number of piperidine rings is 1. The van der Waals surface area contributed by atoms with Crippen molar-refractivity contribution in [1.29, 1.82) is 0 Å². The molecule has 1 fully saturated rings. The van der Waals surface area contributed by atoms with E-state index in [1.54, 1.807) is 28.0 Å². The summed E-state index contributed by atoms with van der Waals surface area (Å²) in [5.74, 6) is -0.604. The summed E-state index contributed by atoms with van der Waals surface area (Å²) < 4.78 is 7.22. The zero-order valence-corrected chi connectivity index (χ0v) is 17.1. The van der Waals surface area contributed by atoms with E-state index >= 15 is 0 Å². The minimum atomic E-state index is -0.389. The minimum Gasteiger partial charge on any atom is -0.456 e. The number of esters is 1. The van der Waals surface area contributed by atoms with E-state index in [4.69, 9.17) is 10.5 Å². The van der Waals surface area contributed by atoms with E-state index in [-0.39, 0.29) is 36.7 Å². The third-order valence-electron chi connectivity index (χ3n) is 4.56. The molecule has 0 radical (unpaired) electrons. The van der Waals surface area contributed by atoms with Crippen LogP contribution in [0.25, 0.3) is 10.2 Å². The van der Waals surface area contributed by atoms with Gasteiger partial charge >= 0.3 is 5.97 Å². The number of fused-ring (bicyclic) bond motifs is 1. The van der Waals surface area contributed by atoms with Crippen molar-refractivity contribution >= 4 is 51.1 Å². The second-order valence-corrected chi connectivity index (χ2v) is 9.01. The van der Waals surface area contributed by atoms with Crippen LogP contribution in [0.1, 0.15) is 25.7 Å². The molecule has 1 aliphatic rings. The maximum absolute atomic E-state index is 12.2. The Morgan fingerprint density at radius 1 is 1.32 bits per heavy atom. The summed E-state index contributed by atoms with van der Waals surface area (Å²) in [6.45, 7) is 0.596. The number of nitrogens with two attached hydrogens (primary N) is 1. The molecule has 0 spiro atoms. The third kappa shape index (κ3) is 5.68. The molecule has 1 saturated heterocycles. The molecule has 1 aromatic heterocycles. The molecule has 2 N–H and O–H groups in total. The summed E-state index contributed by atoms with van der Waals surface area (Å²) in [5, 5.41) is 0. The number of para-hydroxylation sites is 1. The lowest BCUT2D eigenvalue weighted by molar-refractivity contribution is -0.153. The molecule has 1 aliphatic heterocycles. The molecule has 150 valence electrons. The Hall–Kier alpha value is -2.13. The number of thioether (sulfide) groups is 1. The highest BCUT2D eigenvalue weighted by atomic mass is 32.2. The topological polar surface area (TPSA) is 103 Å². The molecule has 0 unspecified atom stereocenters. The number of ether oxygens (including phenoxy) is 1. The van der Waals surface area contributed by atoms with Crippen LogP contribution in [0.5, 0.6) is 0 Å². The number of primary amides is 1. The Kier molecular flexibility index (Phi) is 7.27. The van der Waals surface area contributed by atoms with Crippen LogP contribution in [-0.2, 0) is 19.1 Å². The van der Waals surface area contributed by atoms with E-state index in [0.717, 1.165) is 26.7 Å². The molecule has 7 nitrogen and oxygen atoms in total. The highest BCUT2D eigenvalue weighted by Gasteiger charge is 2.27. The molecule has 0 aliphatic carbocycles. The van der Waals surface area contributed by atoms with Gasteiger partial charge < -0.3 is 15.4 Å². The van der Waals surface area contributed by atoms with E-state index in [1.165, 1.54) is 0 Å². The van der Waals surface area contributed by atoms with Crippen LogP contribution in [0.3, 0.4) is 0 Å². The summed E-state index contributed by atoms with van der Waals surface area (Å²) in [7, 11) is 0. The summed E-state index contributed by atoms with van der Waals surface area (Å²) in [6.07, 6.45) is 2.34. The molecule has 28 heavy (non-hydrogen) atoms. The van der Waals surface area contributed by atoms with Gasteiger partial charge in [0, 0.05) is 25.3 Å². The SMILES string of the molecule is NC(=O)[C@H]1CCCN(C(=O)COC(=O)CCCSc2nc3ccccc3s2)C1. The van der Waals surface area contributed by atoms with Crippen LogP contribution < -0.4 is 5.73 Å². The molecule has 1 aromatic carbocycles. The lowest BCUT2D eigenvalue weighted by atomic mass is 9.97. The van der Waals surface area contributed by atoms with Crippen molar-refractivity contribution in [3.63, 3.8) is 0 Å². The number of benzene rings is 1. The van der Waals surface area contributed by atoms with Crippen LogP contribution in [-0.4, -0.2) is 53.1 Å². The van der Waals surface area contributed by atoms with E-state index < -0.39 is 0 Å². The second kappa shape index (κ2) is 9.88. The number of hydrogen-bond acceptors (Lipinski definition) is 7. The van der Waals surface area contributed by atoms with Gasteiger partial charge in [-0.2, -0.15) is 0 Å². The predicted molar refractivity (Wildman–Crippen MR) is 109 cm³/mol. The maximum atomic E-state index is 12.2. The number of aromatic nitrogens is 1. The zero-order valence-electron chi connectivity index (χ0n) is 15.5. The van der Waals surface area contributed by atoms with Gasteiger partial charge in [0.05, 0.1) is 16.1 Å². The van der Waals surface area contributed by atoms with Gasteiger partial charge in [0.1, 0.15) is 0 Å². The standard InChI is InChI=1S/C19H23N3O4S2/c20-18(25)13-5-3-9-22(11-13)16(23)12-26-17(24)8-4-10-27-19-21-14-6-1-2-7-15(14)28-19/h1-2,6-7,13H,3-5,8-12H2,(H2,20,25)/t13-/m0/s1. The lowest BCUT2D eigenvalue weighted by Crippen LogP contribution is -2.45.